The van der Waals surface area contributed by atoms with Gasteiger partial charge in [0.25, 0.3) is 5.91 Å². The van der Waals surface area contributed by atoms with Crippen LogP contribution in [0, 0.1) is 0 Å². The molecule has 0 spiro atoms. The highest BCUT2D eigenvalue weighted by atomic mass is 35.5. The average Bonchev–Trinajstić information content (AvgIpc) is 3.36. The van der Waals surface area contributed by atoms with Crippen molar-refractivity contribution in [2.45, 2.75) is 102 Å². The number of carbonyl (C=O) groups is 6. The Hall–Kier alpha value is -4.02. The quantitative estimate of drug-likeness (QED) is 0.190. The maximum Gasteiger partial charge on any atom is 0.411 e. The van der Waals surface area contributed by atoms with Crippen molar-refractivity contribution in [2.24, 2.45) is 0 Å². The van der Waals surface area contributed by atoms with Gasteiger partial charge in [0.2, 0.25) is 0 Å². The third kappa shape index (κ3) is 10.0. The van der Waals surface area contributed by atoms with Crippen LogP contribution < -0.4 is 15.4 Å². The van der Waals surface area contributed by atoms with Crippen LogP contribution in [0.25, 0.3) is 0 Å². The lowest BCUT2D eigenvalue weighted by molar-refractivity contribution is -0.167. The zero-order chi connectivity index (χ0) is 37.6. The van der Waals surface area contributed by atoms with E-state index in [4.69, 9.17) is 46.9 Å². The molecule has 0 radical (unpaired) electrons. The molecule has 1 fully saturated rings. The number of carboxylic acid groups (broad SMARTS) is 1. The van der Waals surface area contributed by atoms with Gasteiger partial charge in [-0.2, -0.15) is 0 Å². The maximum absolute atomic E-state index is 13.9. The van der Waals surface area contributed by atoms with Crippen molar-refractivity contribution in [3.63, 3.8) is 0 Å². The van der Waals surface area contributed by atoms with Crippen LogP contribution in [-0.2, 0) is 33.3 Å². The van der Waals surface area contributed by atoms with Gasteiger partial charge in [-0.3, -0.25) is 9.69 Å². The molecule has 1 aliphatic rings. The maximum atomic E-state index is 13.9. The van der Waals surface area contributed by atoms with Gasteiger partial charge in [0, 0.05) is 11.6 Å². The van der Waals surface area contributed by atoms with Crippen molar-refractivity contribution in [3.8, 4) is 5.75 Å². The fourth-order valence-electron chi connectivity index (χ4n) is 5.34. The second-order valence-corrected chi connectivity index (χ2v) is 13.9. The van der Waals surface area contributed by atoms with Gasteiger partial charge in [-0.05, 0) is 72.9 Å². The van der Waals surface area contributed by atoms with Crippen LogP contribution in [0.1, 0.15) is 71.2 Å². The molecule has 1 heterocycles. The Morgan fingerprint density at radius 2 is 1.49 bits per heavy atom. The number of methoxy groups -OCH3 is 3. The van der Waals surface area contributed by atoms with E-state index in [1.807, 2.05) is 5.32 Å². The van der Waals surface area contributed by atoms with Gasteiger partial charge >= 0.3 is 30.1 Å². The van der Waals surface area contributed by atoms with E-state index in [-0.39, 0.29) is 27.8 Å². The number of esters is 2. The molecule has 2 rings (SSSR count). The van der Waals surface area contributed by atoms with Crippen LogP contribution in [-0.4, -0.2) is 113 Å². The number of halogens is 2. The number of carbonyl (C=O) groups excluding carboxylic acids is 5. The van der Waals surface area contributed by atoms with E-state index in [1.54, 1.807) is 0 Å². The molecule has 274 valence electrons. The molecule has 0 bridgehead atoms. The van der Waals surface area contributed by atoms with Crippen LogP contribution in [0.15, 0.2) is 12.1 Å². The summed E-state index contributed by atoms with van der Waals surface area (Å²) in [4.78, 5) is 79.7. The molecule has 18 heteroatoms. The minimum absolute atomic E-state index is 0.00601. The van der Waals surface area contributed by atoms with Crippen molar-refractivity contribution < 1.29 is 62.7 Å². The molecule has 0 aromatic heterocycles. The number of carboxylic acids is 1. The summed E-state index contributed by atoms with van der Waals surface area (Å²) < 4.78 is 25.7. The van der Waals surface area contributed by atoms with E-state index in [0.29, 0.717) is 0 Å². The molecule has 0 aliphatic carbocycles. The van der Waals surface area contributed by atoms with Gasteiger partial charge in [-0.15, -0.1) is 0 Å². The number of alkyl carbamates (subject to hydrolysis) is 1. The Bertz CT molecular complexity index is 1420. The van der Waals surface area contributed by atoms with Crippen molar-refractivity contribution in [3.05, 3.63) is 27.7 Å². The van der Waals surface area contributed by atoms with Crippen LogP contribution >= 0.6 is 23.2 Å². The number of rotatable bonds is 11. The molecule has 49 heavy (non-hydrogen) atoms. The SMILES string of the molecule is COC(=O)[C@H](C[C@H]1CC[C@](C(=O)OC)([C@@H](O)[C@@H](NC(=O)OC(C)(C)C)C(=O)O)N1C(=O)OC(C)(C)C)NC(=O)c1cc(Cl)c(OC)c(Cl)c1. The largest absolute Gasteiger partial charge is 0.494 e. The Labute approximate surface area is 293 Å². The summed E-state index contributed by atoms with van der Waals surface area (Å²) in [7, 11) is 3.35. The highest BCUT2D eigenvalue weighted by Gasteiger charge is 2.63. The number of ether oxygens (including phenoxy) is 5. The predicted octanol–water partition coefficient (Wildman–Crippen LogP) is 3.31. The van der Waals surface area contributed by atoms with Gasteiger partial charge in [-0.1, -0.05) is 23.2 Å². The van der Waals surface area contributed by atoms with Gasteiger partial charge in [-0.25, -0.2) is 24.0 Å². The molecule has 4 N–H and O–H groups in total. The monoisotopic (exact) mass is 735 g/mol. The molecular formula is C31H43Cl2N3O13. The summed E-state index contributed by atoms with van der Waals surface area (Å²) in [6.45, 7) is 9.15. The Morgan fingerprint density at radius 1 is 0.939 bits per heavy atom. The molecule has 5 atom stereocenters. The van der Waals surface area contributed by atoms with E-state index in [2.05, 4.69) is 5.32 Å². The second-order valence-electron chi connectivity index (χ2n) is 13.1. The first kappa shape index (κ1) is 41.2. The number of hydrogen-bond acceptors (Lipinski definition) is 12. The van der Waals surface area contributed by atoms with Crippen molar-refractivity contribution >= 4 is 59.2 Å². The molecule has 16 nitrogen and oxygen atoms in total. The topological polar surface area (TPSA) is 216 Å². The molecule has 1 saturated heterocycles. The van der Waals surface area contributed by atoms with Crippen molar-refractivity contribution in [1.29, 1.82) is 0 Å². The van der Waals surface area contributed by atoms with Gasteiger partial charge in [0.1, 0.15) is 23.3 Å². The van der Waals surface area contributed by atoms with E-state index >= 15 is 0 Å². The summed E-state index contributed by atoms with van der Waals surface area (Å²) in [6, 6.07) is -2.37. The Morgan fingerprint density at radius 3 is 1.94 bits per heavy atom. The summed E-state index contributed by atoms with van der Waals surface area (Å²) >= 11 is 12.4. The molecule has 1 aromatic rings. The minimum Gasteiger partial charge on any atom is -0.494 e. The number of nitrogens with one attached hydrogen (secondary N) is 2. The highest BCUT2D eigenvalue weighted by molar-refractivity contribution is 6.37. The number of hydrogen-bond donors (Lipinski definition) is 4. The second kappa shape index (κ2) is 16.1. The average molecular weight is 737 g/mol. The number of amides is 3. The standard InChI is InChI=1S/C31H43Cl2N3O13/c1-29(2,3)48-27(43)35-20(24(39)40)22(37)31(26(42)47-9)11-10-16(36(31)28(44)49-30(4,5)6)14-19(25(41)46-8)34-23(38)15-12-17(32)21(45-7)18(33)13-15/h12-13,16,19-20,22,37H,10-11,14H2,1-9H3,(H,34,38)(H,35,43)(H,39,40)/t16-,19+,20-,22+,31-/m1/s1. The van der Waals surface area contributed by atoms with E-state index in [1.165, 1.54) is 60.8 Å². The zero-order valence-corrected chi connectivity index (χ0v) is 30.2. The van der Waals surface area contributed by atoms with E-state index in [0.717, 1.165) is 19.1 Å². The molecular weight excluding hydrogens is 693 g/mol. The minimum atomic E-state index is -2.48. The smallest absolute Gasteiger partial charge is 0.411 e. The molecule has 3 amide bonds. The van der Waals surface area contributed by atoms with Crippen LogP contribution in [0.2, 0.25) is 10.0 Å². The molecule has 1 aliphatic heterocycles. The predicted molar refractivity (Wildman–Crippen MR) is 174 cm³/mol. The van der Waals surface area contributed by atoms with Gasteiger partial charge < -0.3 is 44.5 Å². The fraction of sp³-hybridized carbons (Fsp3) is 0.613. The number of aliphatic carboxylic acids is 1. The lowest BCUT2D eigenvalue weighted by atomic mass is 9.84. The number of nitrogens with zero attached hydrogens (tertiary/aromatic N) is 1. The lowest BCUT2D eigenvalue weighted by Crippen LogP contribution is -2.69. The number of benzene rings is 1. The molecule has 0 saturated carbocycles. The van der Waals surface area contributed by atoms with E-state index in [9.17, 15) is 39.0 Å². The van der Waals surface area contributed by atoms with Gasteiger partial charge in [0.05, 0.1) is 31.4 Å². The summed E-state index contributed by atoms with van der Waals surface area (Å²) in [5, 5.41) is 26.3. The van der Waals surface area contributed by atoms with Crippen molar-refractivity contribution in [1.82, 2.24) is 15.5 Å². The Kier molecular flexibility index (Phi) is 13.5. The highest BCUT2D eigenvalue weighted by Crippen LogP contribution is 2.42. The number of likely N-dealkylation sites (tertiary alicyclic amines) is 1. The number of aliphatic hydroxyl groups is 1. The zero-order valence-electron chi connectivity index (χ0n) is 28.7. The normalized spacial score (nSPS) is 19.5. The number of aliphatic hydroxyl groups excluding tert-OH is 1. The summed E-state index contributed by atoms with van der Waals surface area (Å²) in [5.74, 6) is -4.68. The van der Waals surface area contributed by atoms with Crippen molar-refractivity contribution in [2.75, 3.05) is 21.3 Å². The fourth-order valence-corrected chi connectivity index (χ4v) is 5.98. The third-order valence-corrected chi connectivity index (χ3v) is 7.85. The summed E-state index contributed by atoms with van der Waals surface area (Å²) in [6.07, 6.45) is -5.76. The van der Waals surface area contributed by atoms with Crippen LogP contribution in [0.3, 0.4) is 0 Å². The van der Waals surface area contributed by atoms with Gasteiger partial charge in [0.15, 0.2) is 17.3 Å². The molecule has 0 unspecified atom stereocenters. The third-order valence-electron chi connectivity index (χ3n) is 7.29. The first-order chi connectivity index (χ1) is 22.5. The van der Waals surface area contributed by atoms with Crippen LogP contribution in [0.4, 0.5) is 9.59 Å². The molecule has 1 aromatic carbocycles. The summed E-state index contributed by atoms with van der Waals surface area (Å²) in [5.41, 5.74) is -4.77. The Balaban J connectivity index is 2.64. The lowest BCUT2D eigenvalue weighted by Gasteiger charge is -2.43. The first-order valence-electron chi connectivity index (χ1n) is 15.0. The van der Waals surface area contributed by atoms with E-state index < -0.39 is 89.8 Å². The first-order valence-corrected chi connectivity index (χ1v) is 15.7. The van der Waals surface area contributed by atoms with Crippen LogP contribution in [0.5, 0.6) is 5.75 Å².